The molecule has 2 atom stereocenters. The summed E-state index contributed by atoms with van der Waals surface area (Å²) in [7, 11) is -2.45. The lowest BCUT2D eigenvalue weighted by molar-refractivity contribution is -0.171. The Morgan fingerprint density at radius 3 is 2.69 bits per heavy atom. The van der Waals surface area contributed by atoms with Crippen LogP contribution in [-0.2, 0) is 31.6 Å². The summed E-state index contributed by atoms with van der Waals surface area (Å²) in [6, 6.07) is 3.72. The van der Waals surface area contributed by atoms with Crippen molar-refractivity contribution < 1.29 is 17.9 Å². The summed E-state index contributed by atoms with van der Waals surface area (Å²) in [6.07, 6.45) is 19.4. The van der Waals surface area contributed by atoms with Crippen LogP contribution in [0.1, 0.15) is 55.5 Å². The highest BCUT2D eigenvalue weighted by atomic mass is 35.5. The van der Waals surface area contributed by atoms with Gasteiger partial charge in [-0.1, -0.05) is 17.7 Å². The Morgan fingerprint density at radius 2 is 1.93 bits per heavy atom. The number of fused-ring (bicyclic) bond motifs is 1. The van der Waals surface area contributed by atoms with Crippen LogP contribution in [0.25, 0.3) is 21.5 Å². The Morgan fingerprint density at radius 1 is 1.11 bits per heavy atom. The largest absolute Gasteiger partial charge is 0.359 e. The van der Waals surface area contributed by atoms with Crippen molar-refractivity contribution in [3.8, 4) is 10.4 Å². The third-order valence-corrected chi connectivity index (χ3v) is 13.2. The quantitative estimate of drug-likeness (QED) is 0.183. The summed E-state index contributed by atoms with van der Waals surface area (Å²) >= 11 is 8.06. The first-order valence-electron chi connectivity index (χ1n) is 15.4. The van der Waals surface area contributed by atoms with Gasteiger partial charge in [-0.05, 0) is 82.0 Å². The van der Waals surface area contributed by atoms with E-state index in [1.165, 1.54) is 16.8 Å². The van der Waals surface area contributed by atoms with Gasteiger partial charge in [-0.3, -0.25) is 4.68 Å². The van der Waals surface area contributed by atoms with Crippen molar-refractivity contribution in [3.63, 3.8) is 0 Å². The molecule has 45 heavy (non-hydrogen) atoms. The van der Waals surface area contributed by atoms with E-state index in [-0.39, 0.29) is 6.79 Å². The average molecular weight is 669 g/mol. The maximum absolute atomic E-state index is 14.7. The fraction of sp³-hybridized carbons (Fsp3) is 0.469. The van der Waals surface area contributed by atoms with Gasteiger partial charge in [0.2, 0.25) is 10.0 Å². The molecule has 10 nitrogen and oxygen atoms in total. The predicted octanol–water partition coefficient (Wildman–Crippen LogP) is 5.86. The second-order valence-electron chi connectivity index (χ2n) is 12.3. The van der Waals surface area contributed by atoms with E-state index in [9.17, 15) is 8.42 Å². The number of hydrogen-bond acceptors (Lipinski definition) is 9. The monoisotopic (exact) mass is 668 g/mol. The van der Waals surface area contributed by atoms with Gasteiger partial charge in [-0.15, -0.1) is 11.3 Å². The highest BCUT2D eigenvalue weighted by Gasteiger charge is 2.48. The van der Waals surface area contributed by atoms with E-state index in [1.807, 2.05) is 35.3 Å². The molecule has 4 aromatic heterocycles. The summed E-state index contributed by atoms with van der Waals surface area (Å²) < 4.78 is 42.4. The van der Waals surface area contributed by atoms with Crippen LogP contribution in [0.5, 0.6) is 0 Å². The highest BCUT2D eigenvalue weighted by Crippen LogP contribution is 2.48. The van der Waals surface area contributed by atoms with Gasteiger partial charge in [0.25, 0.3) is 0 Å². The molecule has 0 N–H and O–H groups in total. The molecule has 2 fully saturated rings. The van der Waals surface area contributed by atoms with Crippen LogP contribution in [0.3, 0.4) is 0 Å². The Labute approximate surface area is 272 Å². The molecule has 1 saturated carbocycles. The number of thiazole rings is 1. The van der Waals surface area contributed by atoms with Crippen LogP contribution < -0.4 is 0 Å². The number of ether oxygens (including phenoxy) is 2. The zero-order valence-corrected chi connectivity index (χ0v) is 27.8. The molecule has 2 unspecified atom stereocenters. The number of pyridine rings is 1. The van der Waals surface area contributed by atoms with E-state index in [0.29, 0.717) is 10.7 Å². The highest BCUT2D eigenvalue weighted by molar-refractivity contribution is 7.91. The SMILES string of the molecule is COCOC1(c2ncc(-c3ccnc4c3ccn4S(=O)(=O)C3(C)C=C(Cl)C=CC3c3cnn(CCN4CCCC4)c3)s2)CCC1. The summed E-state index contributed by atoms with van der Waals surface area (Å²) in [5.41, 5.74) is 1.63. The molecular weight excluding hydrogens is 632 g/mol. The van der Waals surface area contributed by atoms with Crippen LogP contribution in [0.2, 0.25) is 0 Å². The third kappa shape index (κ3) is 5.39. The summed E-state index contributed by atoms with van der Waals surface area (Å²) in [6.45, 7) is 5.85. The third-order valence-electron chi connectivity index (χ3n) is 9.49. The first kappa shape index (κ1) is 30.8. The summed E-state index contributed by atoms with van der Waals surface area (Å²) in [5, 5.41) is 6.60. The lowest BCUT2D eigenvalue weighted by atomic mass is 9.80. The van der Waals surface area contributed by atoms with E-state index < -0.39 is 26.3 Å². The molecule has 1 aliphatic heterocycles. The first-order valence-corrected chi connectivity index (χ1v) is 18.0. The molecule has 0 amide bonds. The maximum atomic E-state index is 14.7. The van der Waals surface area contributed by atoms with Crippen LogP contribution in [0, 0.1) is 0 Å². The molecular formula is C32H37ClN6O4S2. The smallest absolute Gasteiger partial charge is 0.250 e. The normalized spacial score (nSPS) is 23.4. The van der Waals surface area contributed by atoms with Crippen molar-refractivity contribution in [1.29, 1.82) is 0 Å². The Bertz CT molecular complexity index is 1870. The van der Waals surface area contributed by atoms with E-state index >= 15 is 0 Å². The van der Waals surface area contributed by atoms with Crippen LogP contribution in [0.15, 0.2) is 66.4 Å². The topological polar surface area (TPSA) is 104 Å². The van der Waals surface area contributed by atoms with E-state index in [0.717, 1.165) is 71.8 Å². The number of hydrogen-bond donors (Lipinski definition) is 0. The standard InChI is InChI=1S/C32H37ClN6O4S2/c1-31(18-24(33)6-7-27(31)23-19-36-38(21-23)17-16-37-13-3-4-14-37)45(40,41)39-15-9-26-25(8-12-34-29(26)39)28-20-35-30(44-28)32(10-5-11-32)43-22-42-2/h6-9,12,15,18-21,27H,3-5,10-11,13-14,16-17,22H2,1-2H3. The lowest BCUT2D eigenvalue weighted by Crippen LogP contribution is -2.43. The number of nitrogens with zero attached hydrogens (tertiary/aromatic N) is 6. The zero-order chi connectivity index (χ0) is 31.2. The van der Waals surface area contributed by atoms with Crippen LogP contribution in [0.4, 0.5) is 0 Å². The van der Waals surface area contributed by atoms with Crippen LogP contribution >= 0.6 is 22.9 Å². The Hall–Kier alpha value is -2.87. The van der Waals surface area contributed by atoms with Gasteiger partial charge in [0.05, 0.1) is 17.6 Å². The molecule has 0 spiro atoms. The number of allylic oxidation sites excluding steroid dienone is 3. The molecule has 0 bridgehead atoms. The minimum atomic E-state index is -4.06. The Kier molecular flexibility index (Phi) is 8.24. The first-order chi connectivity index (χ1) is 21.7. The van der Waals surface area contributed by atoms with Crippen molar-refractivity contribution in [3.05, 3.63) is 76.9 Å². The number of methoxy groups -OCH3 is 1. The minimum Gasteiger partial charge on any atom is -0.359 e. The summed E-state index contributed by atoms with van der Waals surface area (Å²) in [5.74, 6) is -0.499. The summed E-state index contributed by atoms with van der Waals surface area (Å²) in [4.78, 5) is 12.6. The zero-order valence-electron chi connectivity index (χ0n) is 25.4. The molecule has 238 valence electrons. The second kappa shape index (κ2) is 12.1. The molecule has 3 aliphatic rings. The molecule has 1 saturated heterocycles. The van der Waals surface area contributed by atoms with Gasteiger partial charge in [0.1, 0.15) is 22.1 Å². The number of halogens is 1. The van der Waals surface area contributed by atoms with Gasteiger partial charge >= 0.3 is 0 Å². The van der Waals surface area contributed by atoms with Crippen LogP contribution in [-0.4, -0.2) is 75.3 Å². The van der Waals surface area contributed by atoms with Crippen molar-refractivity contribution in [1.82, 2.24) is 28.6 Å². The van der Waals surface area contributed by atoms with Gasteiger partial charge in [0.15, 0.2) is 5.65 Å². The van der Waals surface area contributed by atoms with Crippen molar-refractivity contribution in [2.75, 3.05) is 33.5 Å². The van der Waals surface area contributed by atoms with E-state index in [1.54, 1.807) is 56.1 Å². The van der Waals surface area contributed by atoms with Gasteiger partial charge in [-0.25, -0.2) is 22.4 Å². The van der Waals surface area contributed by atoms with E-state index in [4.69, 9.17) is 26.1 Å². The maximum Gasteiger partial charge on any atom is 0.250 e. The molecule has 2 aliphatic carbocycles. The van der Waals surface area contributed by atoms with Crippen molar-refractivity contribution in [2.24, 2.45) is 0 Å². The molecule has 0 radical (unpaired) electrons. The van der Waals surface area contributed by atoms with Crippen molar-refractivity contribution >= 4 is 44.0 Å². The molecule has 13 heteroatoms. The van der Waals surface area contributed by atoms with Gasteiger partial charge in [-0.2, -0.15) is 5.10 Å². The molecule has 7 rings (SSSR count). The molecule has 5 heterocycles. The van der Waals surface area contributed by atoms with Gasteiger partial charge in [0, 0.05) is 60.3 Å². The predicted molar refractivity (Wildman–Crippen MR) is 176 cm³/mol. The number of rotatable bonds is 11. The fourth-order valence-electron chi connectivity index (χ4n) is 6.71. The number of likely N-dealkylation sites (tertiary alicyclic amines) is 1. The van der Waals surface area contributed by atoms with E-state index in [2.05, 4.69) is 15.0 Å². The van der Waals surface area contributed by atoms with Gasteiger partial charge < -0.3 is 14.4 Å². The molecule has 4 aromatic rings. The lowest BCUT2D eigenvalue weighted by Gasteiger charge is -2.39. The minimum absolute atomic E-state index is 0.210. The number of aromatic nitrogens is 5. The fourth-order valence-corrected chi connectivity index (χ4v) is 10.1. The molecule has 0 aromatic carbocycles. The Balaban J connectivity index is 1.21. The average Bonchev–Trinajstić information content (AvgIpc) is 3.82. The second-order valence-corrected chi connectivity index (χ2v) is 16.0. The van der Waals surface area contributed by atoms with Crippen molar-refractivity contribution in [2.45, 2.75) is 61.8 Å².